The fraction of sp³-hybridized carbons (Fsp3) is 0.522. The Morgan fingerprint density at radius 1 is 1.03 bits per heavy atom. The number of aliphatic hydroxyl groups is 1. The number of methoxy groups -OCH3 is 1. The van der Waals surface area contributed by atoms with Crippen molar-refractivity contribution in [3.63, 3.8) is 0 Å². The third-order valence-electron chi connectivity index (χ3n) is 6.60. The zero-order chi connectivity index (χ0) is 21.4. The van der Waals surface area contributed by atoms with Crippen LogP contribution < -0.4 is 0 Å². The van der Waals surface area contributed by atoms with Gasteiger partial charge in [0.15, 0.2) is 5.78 Å². The van der Waals surface area contributed by atoms with E-state index < -0.39 is 5.97 Å². The Morgan fingerprint density at radius 2 is 1.70 bits per heavy atom. The van der Waals surface area contributed by atoms with E-state index in [0.29, 0.717) is 43.5 Å². The van der Waals surface area contributed by atoms with Crippen molar-refractivity contribution >= 4 is 23.4 Å². The molecule has 3 heterocycles. The Hall–Kier alpha value is -2.67. The van der Waals surface area contributed by atoms with E-state index in [-0.39, 0.29) is 30.0 Å². The van der Waals surface area contributed by atoms with Crippen LogP contribution in [0.5, 0.6) is 0 Å². The molecule has 0 saturated carbocycles. The minimum Gasteiger partial charge on any atom is -0.466 e. The lowest BCUT2D eigenvalue weighted by atomic mass is 9.88. The molecule has 2 fully saturated rings. The number of hydrogen-bond donors (Lipinski definition) is 1. The third kappa shape index (κ3) is 3.62. The number of likely N-dealkylation sites (tertiary alicyclic amines) is 1. The minimum atomic E-state index is -0.405. The molecule has 2 atom stereocenters. The topological polar surface area (TPSA) is 87.2 Å². The molecule has 4 rings (SSSR count). The number of carbonyl (C=O) groups excluding carboxylic acids is 3. The van der Waals surface area contributed by atoms with E-state index in [0.717, 1.165) is 24.0 Å². The van der Waals surface area contributed by atoms with Gasteiger partial charge in [0.05, 0.1) is 24.8 Å². The fourth-order valence-electron chi connectivity index (χ4n) is 4.97. The number of ketones is 1. The van der Waals surface area contributed by atoms with E-state index in [1.165, 1.54) is 14.0 Å². The molecule has 0 aromatic heterocycles. The van der Waals surface area contributed by atoms with Crippen LogP contribution in [-0.4, -0.2) is 71.1 Å². The van der Waals surface area contributed by atoms with Crippen LogP contribution in [0.2, 0.25) is 0 Å². The smallest absolute Gasteiger partial charge is 0.336 e. The Labute approximate surface area is 176 Å². The first-order chi connectivity index (χ1) is 14.4. The van der Waals surface area contributed by atoms with E-state index >= 15 is 0 Å². The molecule has 2 bridgehead atoms. The van der Waals surface area contributed by atoms with Gasteiger partial charge in [0, 0.05) is 24.7 Å². The predicted molar refractivity (Wildman–Crippen MR) is 111 cm³/mol. The first-order valence-corrected chi connectivity index (χ1v) is 10.6. The van der Waals surface area contributed by atoms with Crippen LogP contribution in [0, 0.1) is 0 Å². The average molecular weight is 412 g/mol. The molecule has 7 heteroatoms. The zero-order valence-corrected chi connectivity index (χ0v) is 17.5. The van der Waals surface area contributed by atoms with Crippen molar-refractivity contribution in [3.05, 3.63) is 41.0 Å². The molecule has 160 valence electrons. The first kappa shape index (κ1) is 20.6. The maximum atomic E-state index is 13.3. The second kappa shape index (κ2) is 8.22. The lowest BCUT2D eigenvalue weighted by Gasteiger charge is -2.41. The molecular formula is C23H28N2O5. The number of ether oxygens (including phenoxy) is 1. The molecule has 0 spiro atoms. The van der Waals surface area contributed by atoms with Gasteiger partial charge in [-0.3, -0.25) is 4.79 Å². The van der Waals surface area contributed by atoms with Gasteiger partial charge in [0.25, 0.3) is 0 Å². The number of piperidine rings is 1. The average Bonchev–Trinajstić information content (AvgIpc) is 3.06. The van der Waals surface area contributed by atoms with Crippen LogP contribution in [0.3, 0.4) is 0 Å². The van der Waals surface area contributed by atoms with Crippen molar-refractivity contribution < 1.29 is 24.2 Å². The molecule has 2 saturated heterocycles. The lowest BCUT2D eigenvalue weighted by molar-refractivity contribution is -0.136. The number of fused-ring (bicyclic) bond motifs is 2. The van der Waals surface area contributed by atoms with Gasteiger partial charge in [0.1, 0.15) is 0 Å². The number of urea groups is 1. The van der Waals surface area contributed by atoms with Crippen LogP contribution in [0.1, 0.15) is 54.9 Å². The van der Waals surface area contributed by atoms with Crippen molar-refractivity contribution in [3.8, 4) is 0 Å². The van der Waals surface area contributed by atoms with Crippen molar-refractivity contribution in [2.75, 3.05) is 20.2 Å². The SMILES string of the molecule is COC(=O)C1=C(c2ccc(C(C)=O)cc2)C[C@@H]2CC[C@H]1N2C(=O)N1CCC(O)CC1. The first-order valence-electron chi connectivity index (χ1n) is 10.6. The number of Topliss-reactive ketones (excluding diaryl/α,β-unsaturated/α-hetero) is 1. The molecule has 30 heavy (non-hydrogen) atoms. The second-order valence-corrected chi connectivity index (χ2v) is 8.38. The molecule has 1 aromatic rings. The number of esters is 1. The maximum Gasteiger partial charge on any atom is 0.336 e. The number of nitrogens with zero attached hydrogens (tertiary/aromatic N) is 2. The summed E-state index contributed by atoms with van der Waals surface area (Å²) >= 11 is 0. The highest BCUT2D eigenvalue weighted by Gasteiger charge is 2.47. The van der Waals surface area contributed by atoms with Gasteiger partial charge in [-0.05, 0) is 50.2 Å². The zero-order valence-electron chi connectivity index (χ0n) is 17.5. The van der Waals surface area contributed by atoms with Gasteiger partial charge in [0.2, 0.25) is 0 Å². The Morgan fingerprint density at radius 3 is 2.30 bits per heavy atom. The second-order valence-electron chi connectivity index (χ2n) is 8.38. The van der Waals surface area contributed by atoms with E-state index in [1.807, 2.05) is 17.0 Å². The summed E-state index contributed by atoms with van der Waals surface area (Å²) in [7, 11) is 1.37. The van der Waals surface area contributed by atoms with E-state index in [4.69, 9.17) is 4.74 Å². The van der Waals surface area contributed by atoms with Gasteiger partial charge < -0.3 is 19.6 Å². The highest BCUT2D eigenvalue weighted by atomic mass is 16.5. The summed E-state index contributed by atoms with van der Waals surface area (Å²) in [6.07, 6.45) is 2.98. The van der Waals surface area contributed by atoms with Gasteiger partial charge >= 0.3 is 12.0 Å². The molecule has 0 radical (unpaired) electrons. The molecule has 3 aliphatic rings. The molecular weight excluding hydrogens is 384 g/mol. The fourth-order valence-corrected chi connectivity index (χ4v) is 4.97. The summed E-state index contributed by atoms with van der Waals surface area (Å²) in [6.45, 7) is 2.59. The van der Waals surface area contributed by atoms with Crippen LogP contribution >= 0.6 is 0 Å². The third-order valence-corrected chi connectivity index (χ3v) is 6.60. The van der Waals surface area contributed by atoms with E-state index in [9.17, 15) is 19.5 Å². The summed E-state index contributed by atoms with van der Waals surface area (Å²) < 4.78 is 5.11. The van der Waals surface area contributed by atoms with E-state index in [1.54, 1.807) is 17.0 Å². The molecule has 1 N–H and O–H groups in total. The largest absolute Gasteiger partial charge is 0.466 e. The summed E-state index contributed by atoms with van der Waals surface area (Å²) in [5, 5.41) is 9.76. The Bertz CT molecular complexity index is 883. The van der Waals surface area contributed by atoms with Gasteiger partial charge in [-0.15, -0.1) is 0 Å². The molecule has 2 amide bonds. The van der Waals surface area contributed by atoms with Gasteiger partial charge in [-0.25, -0.2) is 9.59 Å². The van der Waals surface area contributed by atoms with Crippen molar-refractivity contribution in [2.24, 2.45) is 0 Å². The van der Waals surface area contributed by atoms with Crippen LogP contribution in [-0.2, 0) is 9.53 Å². The quantitative estimate of drug-likeness (QED) is 0.609. The minimum absolute atomic E-state index is 0.00384. The maximum absolute atomic E-state index is 13.3. The van der Waals surface area contributed by atoms with Crippen molar-refractivity contribution in [1.82, 2.24) is 9.80 Å². The Kier molecular flexibility index (Phi) is 5.64. The van der Waals surface area contributed by atoms with Gasteiger partial charge in [-0.2, -0.15) is 0 Å². The lowest BCUT2D eigenvalue weighted by Crippen LogP contribution is -2.54. The van der Waals surface area contributed by atoms with Crippen LogP contribution in [0.15, 0.2) is 29.8 Å². The molecule has 1 aromatic carbocycles. The number of carbonyl (C=O) groups is 3. The number of aliphatic hydroxyl groups excluding tert-OH is 1. The molecule has 0 aliphatic carbocycles. The number of benzene rings is 1. The van der Waals surface area contributed by atoms with Crippen molar-refractivity contribution in [2.45, 2.75) is 57.2 Å². The highest BCUT2D eigenvalue weighted by Crippen LogP contribution is 2.44. The normalized spacial score (nSPS) is 24.2. The monoisotopic (exact) mass is 412 g/mol. The number of rotatable bonds is 3. The predicted octanol–water partition coefficient (Wildman–Crippen LogP) is 2.63. The number of hydrogen-bond acceptors (Lipinski definition) is 5. The van der Waals surface area contributed by atoms with Crippen LogP contribution in [0.4, 0.5) is 4.79 Å². The summed E-state index contributed by atoms with van der Waals surface area (Å²) in [4.78, 5) is 41.3. The summed E-state index contributed by atoms with van der Waals surface area (Å²) in [6, 6.07) is 6.97. The van der Waals surface area contributed by atoms with Crippen molar-refractivity contribution in [1.29, 1.82) is 0 Å². The van der Waals surface area contributed by atoms with Gasteiger partial charge in [-0.1, -0.05) is 24.3 Å². The molecule has 0 unspecified atom stereocenters. The van der Waals surface area contributed by atoms with E-state index in [2.05, 4.69) is 0 Å². The highest BCUT2D eigenvalue weighted by molar-refractivity contribution is 6.01. The summed E-state index contributed by atoms with van der Waals surface area (Å²) in [5.41, 5.74) is 2.97. The number of amides is 2. The Balaban J connectivity index is 1.67. The standard InChI is InChI=1S/C23H28N2O5/c1-14(26)15-3-5-16(6-4-15)19-13-17-7-8-20(21(19)22(28)30-2)25(17)23(29)24-11-9-18(27)10-12-24/h3-6,17-18,20,27H,7-13H2,1-2H3/t17-,20+/m0/s1. The molecule has 3 aliphatic heterocycles. The molecule has 7 nitrogen and oxygen atoms in total. The summed E-state index contributed by atoms with van der Waals surface area (Å²) in [5.74, 6) is -0.409. The van der Waals surface area contributed by atoms with Crippen LogP contribution in [0.25, 0.3) is 5.57 Å².